The summed E-state index contributed by atoms with van der Waals surface area (Å²) < 4.78 is 0. The lowest BCUT2D eigenvalue weighted by Crippen LogP contribution is -2.57. The Morgan fingerprint density at radius 3 is 2.33 bits per heavy atom. The summed E-state index contributed by atoms with van der Waals surface area (Å²) in [5, 5.41) is 24.4. The zero-order valence-electron chi connectivity index (χ0n) is 21.0. The summed E-state index contributed by atoms with van der Waals surface area (Å²) in [6, 6.07) is 2.56. The molecule has 0 bridgehead atoms. The summed E-state index contributed by atoms with van der Waals surface area (Å²) in [6.07, 6.45) is 2.53. The highest BCUT2D eigenvalue weighted by Gasteiger charge is 2.39. The molecule has 1 aliphatic rings. The van der Waals surface area contributed by atoms with E-state index in [0.717, 1.165) is 0 Å². The van der Waals surface area contributed by atoms with E-state index in [-0.39, 0.29) is 24.5 Å². The minimum atomic E-state index is -1.14. The van der Waals surface area contributed by atoms with Gasteiger partial charge in [0.2, 0.25) is 17.7 Å². The van der Waals surface area contributed by atoms with Gasteiger partial charge < -0.3 is 37.2 Å². The average Bonchev–Trinajstić information content (AvgIpc) is 3.33. The van der Waals surface area contributed by atoms with Crippen LogP contribution in [-0.4, -0.2) is 76.1 Å². The molecule has 0 aliphatic carbocycles. The predicted octanol–water partition coefficient (Wildman–Crippen LogP) is 0.0922. The van der Waals surface area contributed by atoms with Crippen LogP contribution in [0.4, 0.5) is 0 Å². The number of nitrogens with two attached hydrogens (primary N) is 2. The molecule has 1 aliphatic heterocycles. The molecule has 11 nitrogen and oxygen atoms in total. The zero-order valence-corrected chi connectivity index (χ0v) is 21.0. The van der Waals surface area contributed by atoms with Crippen molar-refractivity contribution in [2.45, 2.75) is 76.5 Å². The Morgan fingerprint density at radius 2 is 1.75 bits per heavy atom. The molecule has 1 aromatic rings. The normalized spacial score (nSPS) is 17.9. The van der Waals surface area contributed by atoms with Crippen molar-refractivity contribution in [1.82, 2.24) is 15.5 Å². The fourth-order valence-corrected chi connectivity index (χ4v) is 4.16. The van der Waals surface area contributed by atoms with Gasteiger partial charge in [0, 0.05) is 13.0 Å². The highest BCUT2D eigenvalue weighted by Crippen LogP contribution is 2.21. The Balaban J connectivity index is 2.20. The van der Waals surface area contributed by atoms with E-state index in [9.17, 15) is 29.4 Å². The fourth-order valence-electron chi connectivity index (χ4n) is 4.16. The van der Waals surface area contributed by atoms with E-state index in [1.54, 1.807) is 26.0 Å². The Bertz CT molecular complexity index is 907. The Morgan fingerprint density at radius 1 is 1.08 bits per heavy atom. The van der Waals surface area contributed by atoms with Crippen LogP contribution >= 0.6 is 0 Å². The van der Waals surface area contributed by atoms with Crippen molar-refractivity contribution in [3.8, 4) is 5.75 Å². The SMILES string of the molecule is CC(C)C(N)C(=O)NC(Cc1ccc(O)cc1)C(=O)N1CCCC1C(=O)NC(CCCCN)C(=O)O. The molecule has 8 N–H and O–H groups in total. The zero-order chi connectivity index (χ0) is 26.8. The summed E-state index contributed by atoms with van der Waals surface area (Å²) in [7, 11) is 0. The maximum atomic E-state index is 13.6. The molecule has 0 aromatic heterocycles. The number of hydrogen-bond donors (Lipinski definition) is 6. The van der Waals surface area contributed by atoms with Crippen molar-refractivity contribution in [2.75, 3.05) is 13.1 Å². The topological polar surface area (TPSA) is 188 Å². The van der Waals surface area contributed by atoms with E-state index in [2.05, 4.69) is 10.6 Å². The maximum absolute atomic E-state index is 13.6. The van der Waals surface area contributed by atoms with Gasteiger partial charge in [0.25, 0.3) is 0 Å². The van der Waals surface area contributed by atoms with Crippen LogP contribution in [0.15, 0.2) is 24.3 Å². The third-order valence-electron chi connectivity index (χ3n) is 6.41. The third kappa shape index (κ3) is 8.20. The molecule has 0 spiro atoms. The van der Waals surface area contributed by atoms with E-state index in [0.29, 0.717) is 44.3 Å². The molecule has 1 aromatic carbocycles. The number of carbonyl (C=O) groups is 4. The second-order valence-electron chi connectivity index (χ2n) is 9.58. The standard InChI is InChI=1S/C25H39N5O6/c1-15(2)21(27)23(33)29-19(14-16-8-10-17(31)11-9-16)24(34)30-13-5-7-20(30)22(32)28-18(25(35)36)6-3-4-12-26/h8-11,15,18-21,31H,3-7,12-14,26-27H2,1-2H3,(H,28,32)(H,29,33)(H,35,36). The molecule has 4 atom stereocenters. The molecular formula is C25H39N5O6. The van der Waals surface area contributed by atoms with Gasteiger partial charge in [0.15, 0.2) is 0 Å². The maximum Gasteiger partial charge on any atom is 0.326 e. The molecule has 11 heteroatoms. The van der Waals surface area contributed by atoms with Gasteiger partial charge in [-0.2, -0.15) is 0 Å². The van der Waals surface area contributed by atoms with Crippen LogP contribution < -0.4 is 22.1 Å². The number of likely N-dealkylation sites (tertiary alicyclic amines) is 1. The lowest BCUT2D eigenvalue weighted by Gasteiger charge is -2.30. The van der Waals surface area contributed by atoms with Gasteiger partial charge in [-0.1, -0.05) is 26.0 Å². The summed E-state index contributed by atoms with van der Waals surface area (Å²) in [5.41, 5.74) is 12.2. The number of aliphatic carboxylic acids is 1. The van der Waals surface area contributed by atoms with Gasteiger partial charge in [0.1, 0.15) is 23.9 Å². The molecule has 4 unspecified atom stereocenters. The number of unbranched alkanes of at least 4 members (excludes halogenated alkanes) is 1. The predicted molar refractivity (Wildman–Crippen MR) is 134 cm³/mol. The molecule has 200 valence electrons. The van der Waals surface area contributed by atoms with E-state index in [1.165, 1.54) is 17.0 Å². The number of nitrogens with one attached hydrogen (secondary N) is 2. The van der Waals surface area contributed by atoms with Crippen LogP contribution in [0.25, 0.3) is 0 Å². The number of phenolic OH excluding ortho intramolecular Hbond substituents is 1. The van der Waals surface area contributed by atoms with Crippen LogP contribution in [0.3, 0.4) is 0 Å². The van der Waals surface area contributed by atoms with Crippen LogP contribution in [0, 0.1) is 5.92 Å². The number of benzene rings is 1. The monoisotopic (exact) mass is 505 g/mol. The Labute approximate surface area is 211 Å². The van der Waals surface area contributed by atoms with E-state index in [1.807, 2.05) is 0 Å². The average molecular weight is 506 g/mol. The molecule has 0 saturated carbocycles. The fraction of sp³-hybridized carbons (Fsp3) is 0.600. The van der Waals surface area contributed by atoms with Gasteiger partial charge in [-0.25, -0.2) is 4.79 Å². The molecule has 0 radical (unpaired) electrons. The first-order valence-electron chi connectivity index (χ1n) is 12.4. The summed E-state index contributed by atoms with van der Waals surface area (Å²) in [6.45, 7) is 4.34. The quantitative estimate of drug-likeness (QED) is 0.203. The van der Waals surface area contributed by atoms with E-state index < -0.39 is 47.9 Å². The highest BCUT2D eigenvalue weighted by molar-refractivity contribution is 5.94. The molecule has 1 heterocycles. The minimum absolute atomic E-state index is 0.0724. The summed E-state index contributed by atoms with van der Waals surface area (Å²) in [5.74, 6) is -2.67. The highest BCUT2D eigenvalue weighted by atomic mass is 16.4. The van der Waals surface area contributed by atoms with Gasteiger partial charge in [0.05, 0.1) is 6.04 Å². The second-order valence-corrected chi connectivity index (χ2v) is 9.58. The van der Waals surface area contributed by atoms with Crippen LogP contribution in [0.5, 0.6) is 5.75 Å². The van der Waals surface area contributed by atoms with Gasteiger partial charge in [-0.3, -0.25) is 14.4 Å². The van der Waals surface area contributed by atoms with Crippen LogP contribution in [-0.2, 0) is 25.6 Å². The van der Waals surface area contributed by atoms with Crippen molar-refractivity contribution in [3.63, 3.8) is 0 Å². The molecular weight excluding hydrogens is 466 g/mol. The molecule has 1 fully saturated rings. The lowest BCUT2D eigenvalue weighted by molar-refractivity contribution is -0.145. The molecule has 36 heavy (non-hydrogen) atoms. The Kier molecular flexibility index (Phi) is 11.1. The van der Waals surface area contributed by atoms with Crippen LogP contribution in [0.1, 0.15) is 51.5 Å². The number of aromatic hydroxyl groups is 1. The number of rotatable bonds is 13. The molecule has 2 rings (SSSR count). The first kappa shape index (κ1) is 29.1. The second kappa shape index (κ2) is 13.8. The number of phenols is 1. The number of amides is 3. The minimum Gasteiger partial charge on any atom is -0.508 e. The van der Waals surface area contributed by atoms with Gasteiger partial charge >= 0.3 is 5.97 Å². The lowest BCUT2D eigenvalue weighted by atomic mass is 10.0. The first-order valence-corrected chi connectivity index (χ1v) is 12.4. The van der Waals surface area contributed by atoms with Crippen molar-refractivity contribution in [3.05, 3.63) is 29.8 Å². The number of nitrogens with zero attached hydrogens (tertiary/aromatic N) is 1. The first-order chi connectivity index (χ1) is 17.0. The number of carboxylic acid groups (broad SMARTS) is 1. The van der Waals surface area contributed by atoms with Crippen LogP contribution in [0.2, 0.25) is 0 Å². The van der Waals surface area contributed by atoms with E-state index >= 15 is 0 Å². The largest absolute Gasteiger partial charge is 0.508 e. The number of carboxylic acids is 1. The summed E-state index contributed by atoms with van der Waals surface area (Å²) >= 11 is 0. The Hall–Kier alpha value is -3.18. The van der Waals surface area contributed by atoms with Crippen molar-refractivity contribution >= 4 is 23.7 Å². The van der Waals surface area contributed by atoms with Crippen molar-refractivity contribution in [1.29, 1.82) is 0 Å². The van der Waals surface area contributed by atoms with Gasteiger partial charge in [-0.15, -0.1) is 0 Å². The van der Waals surface area contributed by atoms with E-state index in [4.69, 9.17) is 11.5 Å². The van der Waals surface area contributed by atoms with Crippen molar-refractivity contribution < 1.29 is 29.4 Å². The van der Waals surface area contributed by atoms with Gasteiger partial charge in [-0.05, 0) is 62.3 Å². The molecule has 1 saturated heterocycles. The molecule has 3 amide bonds. The third-order valence-corrected chi connectivity index (χ3v) is 6.41. The number of carbonyl (C=O) groups excluding carboxylic acids is 3. The number of hydrogen-bond acceptors (Lipinski definition) is 7. The summed E-state index contributed by atoms with van der Waals surface area (Å²) in [4.78, 5) is 52.4. The smallest absolute Gasteiger partial charge is 0.326 e. The van der Waals surface area contributed by atoms with Crippen molar-refractivity contribution in [2.24, 2.45) is 17.4 Å².